The van der Waals surface area contributed by atoms with Gasteiger partial charge in [-0.15, -0.1) is 0 Å². The molecule has 0 bridgehead atoms. The van der Waals surface area contributed by atoms with Crippen molar-refractivity contribution < 1.29 is 219 Å². The topological polar surface area (TPSA) is 714 Å². The maximum Gasteiger partial charge on any atom is 0.187 e. The van der Waals surface area contributed by atoms with Gasteiger partial charge in [0.25, 0.3) is 0 Å². The summed E-state index contributed by atoms with van der Waals surface area (Å²) in [6, 6.07) is 0. The number of allylic oxidation sites excluding steroid dienone is 1. The molecule has 0 aromatic heterocycles. The monoisotopic (exact) mass is 1800 g/mol. The van der Waals surface area contributed by atoms with Gasteiger partial charge >= 0.3 is 0 Å². The lowest BCUT2D eigenvalue weighted by atomic mass is 9.29. The summed E-state index contributed by atoms with van der Waals surface area (Å²) in [4.78, 5) is 0. The number of hydrogen-bond donors (Lipinski definition) is 28. The Hall–Kier alpha value is -2.02. The summed E-state index contributed by atoms with van der Waals surface area (Å²) in [5, 5.41) is 310. The molecule has 10 unspecified atom stereocenters. The molecule has 11 fully saturated rings. The van der Waals surface area contributed by atoms with E-state index in [1.165, 1.54) is 13.8 Å². The number of hydrogen-bond acceptors (Lipinski definition) is 44. The third-order valence-corrected chi connectivity index (χ3v) is 30.9. The van der Waals surface area contributed by atoms with Crippen LogP contribution in [0.3, 0.4) is 0 Å². The lowest BCUT2D eigenvalue weighted by molar-refractivity contribution is -0.404. The lowest BCUT2D eigenvalue weighted by Gasteiger charge is -2.75. The second kappa shape index (κ2) is 39.1. The maximum atomic E-state index is 13.3. The van der Waals surface area contributed by atoms with Gasteiger partial charge in [-0.1, -0.05) is 67.0 Å². The minimum Gasteiger partial charge on any atom is -0.394 e. The van der Waals surface area contributed by atoms with E-state index in [1.54, 1.807) is 0 Å². The molecule has 8 saturated heterocycles. The van der Waals surface area contributed by atoms with Crippen molar-refractivity contribution in [3.8, 4) is 0 Å². The molecule has 8 aliphatic heterocycles. The Balaban J connectivity index is 0.732. The van der Waals surface area contributed by atoms with E-state index >= 15 is 0 Å². The highest BCUT2D eigenvalue weighted by molar-refractivity contribution is 5.39. The van der Waals surface area contributed by atoms with E-state index in [0.29, 0.717) is 38.5 Å². The van der Waals surface area contributed by atoms with Gasteiger partial charge in [0.05, 0.1) is 76.8 Å². The first-order valence-electron chi connectivity index (χ1n) is 42.9. The fourth-order valence-electron chi connectivity index (χ4n) is 22.8. The molecule has 8 heterocycles. The maximum absolute atomic E-state index is 13.3. The number of ether oxygens (including phenoxy) is 16. The van der Waals surface area contributed by atoms with E-state index in [2.05, 4.69) is 47.6 Å². The predicted octanol–water partition coefficient (Wildman–Crippen LogP) is -11.2. The molecule has 0 spiro atoms. The van der Waals surface area contributed by atoms with E-state index in [4.69, 9.17) is 75.8 Å². The third-order valence-electron chi connectivity index (χ3n) is 30.9. The van der Waals surface area contributed by atoms with Crippen molar-refractivity contribution in [3.63, 3.8) is 0 Å². The molecule has 28 N–H and O–H groups in total. The van der Waals surface area contributed by atoms with E-state index in [1.807, 2.05) is 13.8 Å². The largest absolute Gasteiger partial charge is 0.394 e. The van der Waals surface area contributed by atoms with Crippen molar-refractivity contribution in [2.75, 3.05) is 52.9 Å². The Morgan fingerprint density at radius 1 is 0.355 bits per heavy atom. The first-order chi connectivity index (χ1) is 58.1. The van der Waals surface area contributed by atoms with Gasteiger partial charge in [0.15, 0.2) is 50.3 Å². The fourth-order valence-corrected chi connectivity index (χ4v) is 22.8. The first kappa shape index (κ1) is 101. The van der Waals surface area contributed by atoms with Crippen molar-refractivity contribution in [1.29, 1.82) is 0 Å². The smallest absolute Gasteiger partial charge is 0.187 e. The van der Waals surface area contributed by atoms with E-state index in [0.717, 1.165) is 12.0 Å². The van der Waals surface area contributed by atoms with Crippen LogP contribution >= 0.6 is 0 Å². The molecule has 12 rings (SSSR count). The molecule has 12 aliphatic rings. The molecule has 4 aliphatic carbocycles. The van der Waals surface area contributed by atoms with Gasteiger partial charge < -0.3 is 219 Å². The molecule has 0 radical (unpaired) electrons. The van der Waals surface area contributed by atoms with Crippen molar-refractivity contribution >= 4 is 0 Å². The van der Waals surface area contributed by atoms with Crippen LogP contribution in [0, 0.1) is 44.3 Å². The van der Waals surface area contributed by atoms with Crippen LogP contribution in [0.4, 0.5) is 0 Å². The molecule has 50 atom stereocenters. The zero-order chi connectivity index (χ0) is 91.4. The zero-order valence-electron chi connectivity index (χ0n) is 70.9. The van der Waals surface area contributed by atoms with Crippen LogP contribution in [-0.4, -0.2) is 465 Å². The Bertz CT molecular complexity index is 3450. The molecule has 124 heavy (non-hydrogen) atoms. The third kappa shape index (κ3) is 17.7. The second-order valence-corrected chi connectivity index (χ2v) is 38.3. The van der Waals surface area contributed by atoms with Gasteiger partial charge in [0, 0.05) is 10.8 Å². The lowest BCUT2D eigenvalue weighted by Crippen LogP contribution is -2.72. The molecule has 3 saturated carbocycles. The molecule has 0 aromatic rings. The molecule has 44 heteroatoms. The summed E-state index contributed by atoms with van der Waals surface area (Å²) in [6.45, 7) is 12.6. The van der Waals surface area contributed by atoms with Crippen molar-refractivity contribution in [2.45, 2.75) is 390 Å². The minimum absolute atomic E-state index is 0.0432. The van der Waals surface area contributed by atoms with Crippen molar-refractivity contribution in [2.24, 2.45) is 44.3 Å². The fraction of sp³-hybridized carbons (Fsp3) is 0.975. The normalized spacial score (nSPS) is 53.0. The number of rotatable bonds is 29. The average Bonchev–Trinajstić information content (AvgIpc) is 1.23. The van der Waals surface area contributed by atoms with Crippen LogP contribution in [0.25, 0.3) is 0 Å². The zero-order valence-corrected chi connectivity index (χ0v) is 70.9. The number of fused-ring (bicyclic) bond motifs is 5. The first-order valence-corrected chi connectivity index (χ1v) is 42.9. The SMILES string of the molecule is C[C@H](CC[C@@H](OC1O[C@H](CO)[C@@H](OC2O[C@H](CO)[C@@H](O)[C@H](O)[C@H]2O)[C@H](O)[C@H]1OC1O[C@H](CO)[C@@H](OC2O[C@H](CO)[C@@H](OC3O[C@H](CO)[C@@H](OC4O[C@H](CO)[C@@H](O)[C@H](O)[C@H]4O)[C@H](O)[C@H]3O)[C@H](O)[C@H]2O)[C@H](O)[C@H]1O)C(C)(C)O)C1CC[C@@]2(C)[C@]3(C)CC=C4C(C)(C)[C@@H](OC5O[C@H](CO)[C@@H](OC6O[C@H](CO)[C@@H](O)[C@H](O)[C@H]6O)[C@H](O)[C@H]5O)CC[C@@]4(C)[C@]3(C)C(O)C[C@]12C. The van der Waals surface area contributed by atoms with Gasteiger partial charge in [-0.25, -0.2) is 0 Å². The van der Waals surface area contributed by atoms with Crippen LogP contribution in [0.5, 0.6) is 0 Å². The van der Waals surface area contributed by atoms with Crippen LogP contribution in [0.2, 0.25) is 0 Å². The quantitative estimate of drug-likeness (QED) is 0.0309. The standard InChI is InChI=1S/C80H136O44/c1-28(29-13-17-78(8)77(29,7)19-39(89)80(10)76(6)16-15-40(74(2,3)38(76)14-18-79(78,80)9)117-66-55(103)48(96)60(33(23-84)112-66)119-67-52(100)45(93)42(90)30(20-81)109-67)11-12-41(75(4,5)108)118-73-65(59(107)64(37(27-88)116-73)123-69-54(102)47(95)44(92)32(22-83)111-69)124-72-58(106)51(99)63(36(26-87)115-72)122-71-57(105)50(98)62(35(25-86)114-71)121-70-56(104)49(97)61(34(24-85)113-70)120-68-53(101)46(94)43(91)31(21-82)110-68/h14,28-37,39-73,81-108H,11-13,15-27H2,1-10H3/t28-,29?,30-,31-,32-,33-,34-,35-,36-,37-,39?,40+,41-,42-,43-,44-,45+,46+,47+,48-,49-,50-,51-,52-,53-,54-,55-,56-,57-,58-,59+,60-,61-,62-,63-,64-,65-,66?,67?,68?,69?,70?,71?,72?,73?,76-,77-,78-,79+,80+/m1/s1. The van der Waals surface area contributed by atoms with Gasteiger partial charge in [0.2, 0.25) is 0 Å². The Kier molecular flexibility index (Phi) is 31.9. The predicted molar refractivity (Wildman–Crippen MR) is 407 cm³/mol. The average molecular weight is 1800 g/mol. The summed E-state index contributed by atoms with van der Waals surface area (Å²) in [5.74, 6) is -0.255. The van der Waals surface area contributed by atoms with Crippen LogP contribution in [0.15, 0.2) is 11.6 Å². The number of aliphatic hydroxyl groups is 28. The van der Waals surface area contributed by atoms with Gasteiger partial charge in [0.1, 0.15) is 195 Å². The summed E-state index contributed by atoms with van der Waals surface area (Å²) in [7, 11) is 0. The number of aliphatic hydroxyl groups excluding tert-OH is 27. The van der Waals surface area contributed by atoms with Crippen LogP contribution in [-0.2, 0) is 75.8 Å². The Morgan fingerprint density at radius 3 is 1.00 bits per heavy atom. The summed E-state index contributed by atoms with van der Waals surface area (Å²) in [5.41, 5.74) is -4.66. The Labute approximate surface area is 715 Å². The van der Waals surface area contributed by atoms with Crippen molar-refractivity contribution in [3.05, 3.63) is 11.6 Å². The highest BCUT2D eigenvalue weighted by atomic mass is 16.8. The second-order valence-electron chi connectivity index (χ2n) is 38.3. The van der Waals surface area contributed by atoms with E-state index < -0.39 is 355 Å². The van der Waals surface area contributed by atoms with Gasteiger partial charge in [-0.3, -0.25) is 0 Å². The molecule has 720 valence electrons. The highest BCUT2D eigenvalue weighted by Gasteiger charge is 2.78. The Morgan fingerprint density at radius 2 is 0.661 bits per heavy atom. The molecular weight excluding hydrogens is 1660 g/mol. The highest BCUT2D eigenvalue weighted by Crippen LogP contribution is 2.82. The summed E-state index contributed by atoms with van der Waals surface area (Å²) in [6.07, 6.45) is -72.5. The minimum atomic E-state index is -2.32. The van der Waals surface area contributed by atoms with Gasteiger partial charge in [-0.05, 0) is 98.7 Å². The van der Waals surface area contributed by atoms with E-state index in [9.17, 15) is 143 Å². The molecule has 44 nitrogen and oxygen atoms in total. The molecule has 0 amide bonds. The summed E-state index contributed by atoms with van der Waals surface area (Å²) < 4.78 is 95.4. The van der Waals surface area contributed by atoms with Crippen molar-refractivity contribution in [1.82, 2.24) is 0 Å². The molecular formula is C80H136O44. The van der Waals surface area contributed by atoms with E-state index in [-0.39, 0.29) is 18.3 Å². The van der Waals surface area contributed by atoms with Crippen LogP contribution < -0.4 is 0 Å². The molecule has 0 aromatic carbocycles. The summed E-state index contributed by atoms with van der Waals surface area (Å²) >= 11 is 0. The van der Waals surface area contributed by atoms with Crippen LogP contribution in [0.1, 0.15) is 121 Å². The van der Waals surface area contributed by atoms with Gasteiger partial charge in [-0.2, -0.15) is 0 Å².